The molecule has 0 saturated carbocycles. The summed E-state index contributed by atoms with van der Waals surface area (Å²) in [6.45, 7) is 0.943. The number of aromatic nitrogens is 2. The zero-order valence-electron chi connectivity index (χ0n) is 11.4. The first-order valence-electron chi connectivity index (χ1n) is 6.81. The molecule has 1 aromatic heterocycles. The van der Waals surface area contributed by atoms with Gasteiger partial charge in [-0.1, -0.05) is 0 Å². The Balaban J connectivity index is 1.74. The maximum Gasteiger partial charge on any atom is 0.389 e. The molecule has 1 saturated heterocycles. The third-order valence-corrected chi connectivity index (χ3v) is 3.40. The predicted octanol–water partition coefficient (Wildman–Crippen LogP) is 2.22. The largest absolute Gasteiger partial charge is 0.389 e. The first-order valence-corrected chi connectivity index (χ1v) is 6.81. The number of amides is 1. The Bertz CT molecular complexity index is 458. The molecule has 1 fully saturated rings. The number of anilines is 1. The van der Waals surface area contributed by atoms with Crippen LogP contribution in [0.1, 0.15) is 25.7 Å². The molecule has 1 aliphatic heterocycles. The van der Waals surface area contributed by atoms with Crippen LogP contribution >= 0.6 is 0 Å². The smallest absolute Gasteiger partial charge is 0.367 e. The van der Waals surface area contributed by atoms with Gasteiger partial charge in [-0.25, -0.2) is 9.97 Å². The van der Waals surface area contributed by atoms with E-state index in [1.165, 1.54) is 11.2 Å². The second kappa shape index (κ2) is 6.73. The average Bonchev–Trinajstić information content (AvgIpc) is 2.46. The van der Waals surface area contributed by atoms with Gasteiger partial charge in [0, 0.05) is 31.7 Å². The number of hydrogen-bond donors (Lipinski definition) is 1. The van der Waals surface area contributed by atoms with Gasteiger partial charge in [0.1, 0.15) is 12.1 Å². The molecule has 0 aliphatic carbocycles. The highest BCUT2D eigenvalue weighted by molar-refractivity contribution is 5.76. The SMILES string of the molecule is O=C(CCC(F)(F)F)N1CCC(Nc2ccncn2)CC1. The van der Waals surface area contributed by atoms with Gasteiger partial charge in [0.15, 0.2) is 0 Å². The summed E-state index contributed by atoms with van der Waals surface area (Å²) in [5.74, 6) is 0.291. The van der Waals surface area contributed by atoms with Crippen molar-refractivity contribution in [3.8, 4) is 0 Å². The van der Waals surface area contributed by atoms with Crippen LogP contribution in [0.25, 0.3) is 0 Å². The van der Waals surface area contributed by atoms with E-state index in [1.54, 1.807) is 12.3 Å². The normalized spacial score (nSPS) is 16.8. The second-order valence-corrected chi connectivity index (χ2v) is 5.01. The predicted molar refractivity (Wildman–Crippen MR) is 70.5 cm³/mol. The van der Waals surface area contributed by atoms with Gasteiger partial charge in [-0.05, 0) is 18.9 Å². The molecular formula is C13H17F3N4O. The van der Waals surface area contributed by atoms with Crippen molar-refractivity contribution >= 4 is 11.7 Å². The van der Waals surface area contributed by atoms with Crippen molar-refractivity contribution in [2.24, 2.45) is 0 Å². The molecule has 1 amide bonds. The van der Waals surface area contributed by atoms with E-state index in [0.717, 1.165) is 0 Å². The zero-order chi connectivity index (χ0) is 15.3. The first-order chi connectivity index (χ1) is 9.94. The van der Waals surface area contributed by atoms with Crippen LogP contribution in [0.3, 0.4) is 0 Å². The van der Waals surface area contributed by atoms with Crippen LogP contribution in [-0.4, -0.2) is 46.1 Å². The van der Waals surface area contributed by atoms with Crippen molar-refractivity contribution in [3.63, 3.8) is 0 Å². The summed E-state index contributed by atoms with van der Waals surface area (Å²) in [6.07, 6.45) is -1.33. The molecule has 0 aromatic carbocycles. The zero-order valence-corrected chi connectivity index (χ0v) is 11.4. The highest BCUT2D eigenvalue weighted by Crippen LogP contribution is 2.23. The molecule has 116 valence electrons. The summed E-state index contributed by atoms with van der Waals surface area (Å²) in [4.78, 5) is 21.1. The van der Waals surface area contributed by atoms with Crippen LogP contribution in [0.5, 0.6) is 0 Å². The van der Waals surface area contributed by atoms with Gasteiger partial charge in [-0.15, -0.1) is 0 Å². The Kier molecular flexibility index (Phi) is 4.98. The van der Waals surface area contributed by atoms with Crippen molar-refractivity contribution in [1.82, 2.24) is 14.9 Å². The van der Waals surface area contributed by atoms with E-state index in [2.05, 4.69) is 15.3 Å². The van der Waals surface area contributed by atoms with Crippen molar-refractivity contribution < 1.29 is 18.0 Å². The first kappa shape index (κ1) is 15.5. The average molecular weight is 302 g/mol. The number of likely N-dealkylation sites (tertiary alicyclic amines) is 1. The maximum atomic E-state index is 12.1. The standard InChI is InChI=1S/C13H17F3N4O/c14-13(15,16)5-1-12(21)20-7-3-10(4-8-20)19-11-2-6-17-9-18-11/h2,6,9-10H,1,3-5,7-8H2,(H,17,18,19). The number of carbonyl (C=O) groups is 1. The van der Waals surface area contributed by atoms with Gasteiger partial charge >= 0.3 is 6.18 Å². The molecule has 5 nitrogen and oxygen atoms in total. The minimum atomic E-state index is -4.28. The van der Waals surface area contributed by atoms with Crippen LogP contribution in [0.15, 0.2) is 18.6 Å². The van der Waals surface area contributed by atoms with Crippen LogP contribution in [-0.2, 0) is 4.79 Å². The number of carbonyl (C=O) groups excluding carboxylic acids is 1. The Morgan fingerprint density at radius 3 is 2.67 bits per heavy atom. The lowest BCUT2D eigenvalue weighted by Gasteiger charge is -2.32. The lowest BCUT2D eigenvalue weighted by atomic mass is 10.0. The van der Waals surface area contributed by atoms with Crippen molar-refractivity contribution in [2.75, 3.05) is 18.4 Å². The highest BCUT2D eigenvalue weighted by Gasteiger charge is 2.30. The van der Waals surface area contributed by atoms with Crippen molar-refractivity contribution in [1.29, 1.82) is 0 Å². The summed E-state index contributed by atoms with van der Waals surface area (Å²) in [5.41, 5.74) is 0. The van der Waals surface area contributed by atoms with Crippen LogP contribution in [0.4, 0.5) is 19.0 Å². The molecule has 1 N–H and O–H groups in total. The van der Waals surface area contributed by atoms with Gasteiger partial charge in [0.2, 0.25) is 5.91 Å². The van der Waals surface area contributed by atoms with Crippen molar-refractivity contribution in [2.45, 2.75) is 37.9 Å². The van der Waals surface area contributed by atoms with Crippen LogP contribution in [0.2, 0.25) is 0 Å². The maximum absolute atomic E-state index is 12.1. The fourth-order valence-electron chi connectivity index (χ4n) is 2.27. The molecule has 0 atom stereocenters. The van der Waals surface area contributed by atoms with Crippen LogP contribution in [0, 0.1) is 0 Å². The number of hydrogen-bond acceptors (Lipinski definition) is 4. The third-order valence-electron chi connectivity index (χ3n) is 3.40. The number of halogens is 3. The summed E-state index contributed by atoms with van der Waals surface area (Å²) < 4.78 is 36.3. The monoisotopic (exact) mass is 302 g/mol. The second-order valence-electron chi connectivity index (χ2n) is 5.01. The molecule has 21 heavy (non-hydrogen) atoms. The fourth-order valence-corrected chi connectivity index (χ4v) is 2.27. The third kappa shape index (κ3) is 5.20. The number of nitrogens with one attached hydrogen (secondary N) is 1. The number of rotatable bonds is 4. The van der Waals surface area contributed by atoms with Gasteiger partial charge in [-0.2, -0.15) is 13.2 Å². The van der Waals surface area contributed by atoms with E-state index in [0.29, 0.717) is 31.7 Å². The van der Waals surface area contributed by atoms with E-state index in [-0.39, 0.29) is 6.04 Å². The lowest BCUT2D eigenvalue weighted by molar-refractivity contribution is -0.149. The summed E-state index contributed by atoms with van der Waals surface area (Å²) in [5, 5.41) is 3.23. The Hall–Kier alpha value is -1.86. The summed E-state index contributed by atoms with van der Waals surface area (Å²) in [6, 6.07) is 1.92. The molecule has 0 bridgehead atoms. The molecule has 8 heteroatoms. The van der Waals surface area contributed by atoms with Crippen LogP contribution < -0.4 is 5.32 Å². The number of piperidine rings is 1. The number of nitrogens with zero attached hydrogens (tertiary/aromatic N) is 3. The Labute approximate surface area is 120 Å². The van der Waals surface area contributed by atoms with E-state index in [4.69, 9.17) is 0 Å². The molecule has 0 radical (unpaired) electrons. The summed E-state index contributed by atoms with van der Waals surface area (Å²) in [7, 11) is 0. The quantitative estimate of drug-likeness (QED) is 0.926. The molecule has 1 aliphatic rings. The molecule has 0 unspecified atom stereocenters. The van der Waals surface area contributed by atoms with E-state index in [1.807, 2.05) is 0 Å². The molecule has 2 rings (SSSR count). The van der Waals surface area contributed by atoms with E-state index < -0.39 is 24.9 Å². The Morgan fingerprint density at radius 2 is 2.10 bits per heavy atom. The molecule has 2 heterocycles. The summed E-state index contributed by atoms with van der Waals surface area (Å²) >= 11 is 0. The van der Waals surface area contributed by atoms with Crippen molar-refractivity contribution in [3.05, 3.63) is 18.6 Å². The van der Waals surface area contributed by atoms with Gasteiger partial charge in [0.05, 0.1) is 6.42 Å². The lowest BCUT2D eigenvalue weighted by Crippen LogP contribution is -2.42. The minimum absolute atomic E-state index is 0.173. The minimum Gasteiger partial charge on any atom is -0.367 e. The molecular weight excluding hydrogens is 285 g/mol. The van der Waals surface area contributed by atoms with E-state index in [9.17, 15) is 18.0 Å². The fraction of sp³-hybridized carbons (Fsp3) is 0.615. The number of alkyl halides is 3. The molecule has 1 aromatic rings. The van der Waals surface area contributed by atoms with Gasteiger partial charge in [-0.3, -0.25) is 4.79 Å². The molecule has 0 spiro atoms. The highest BCUT2D eigenvalue weighted by atomic mass is 19.4. The van der Waals surface area contributed by atoms with Gasteiger partial charge in [0.25, 0.3) is 0 Å². The topological polar surface area (TPSA) is 58.1 Å². The van der Waals surface area contributed by atoms with E-state index >= 15 is 0 Å². The van der Waals surface area contributed by atoms with Gasteiger partial charge < -0.3 is 10.2 Å². The Morgan fingerprint density at radius 1 is 1.38 bits per heavy atom.